The van der Waals surface area contributed by atoms with E-state index in [1.54, 1.807) is 0 Å². The molecule has 66 heavy (non-hydrogen) atoms. The van der Waals surface area contributed by atoms with E-state index < -0.39 is 0 Å². The molecule has 4 heterocycles. The summed E-state index contributed by atoms with van der Waals surface area (Å²) in [5.74, 6) is 0. The van der Waals surface area contributed by atoms with Crippen molar-refractivity contribution in [2.45, 2.75) is 25.7 Å². The zero-order valence-corrected chi connectivity index (χ0v) is 38.4. The molecule has 0 radical (unpaired) electrons. The third-order valence-corrected chi connectivity index (χ3v) is 12.2. The molecule has 11 aromatic rings. The van der Waals surface area contributed by atoms with Gasteiger partial charge in [0, 0.05) is 29.4 Å². The van der Waals surface area contributed by atoms with E-state index in [2.05, 4.69) is 162 Å². The van der Waals surface area contributed by atoms with Crippen LogP contribution >= 0.6 is 0 Å². The number of aryl methyl sites for hydroxylation is 4. The summed E-state index contributed by atoms with van der Waals surface area (Å²) in [6.45, 7) is 0. The van der Waals surface area contributed by atoms with Crippen molar-refractivity contribution in [1.29, 1.82) is 0 Å². The van der Waals surface area contributed by atoms with E-state index >= 15 is 0 Å². The molecule has 0 bridgehead atoms. The Morgan fingerprint density at radius 2 is 0.879 bits per heavy atom. The molecule has 7 aromatic carbocycles. The number of aromatic nitrogens is 3. The van der Waals surface area contributed by atoms with Crippen LogP contribution in [-0.2, 0) is 45.8 Å². The Bertz CT molecular complexity index is 3300. The van der Waals surface area contributed by atoms with Crippen LogP contribution in [-0.4, -0.2) is 15.0 Å². The molecule has 0 N–H and O–H groups in total. The molecule has 4 aromatic heterocycles. The maximum atomic E-state index is 6.21. The first kappa shape index (κ1) is 42.4. The van der Waals surface area contributed by atoms with Crippen molar-refractivity contribution < 1.29 is 24.5 Å². The third-order valence-electron chi connectivity index (χ3n) is 12.2. The van der Waals surface area contributed by atoms with Gasteiger partial charge in [0.2, 0.25) is 0 Å². The maximum absolute atomic E-state index is 6.21. The van der Waals surface area contributed by atoms with Crippen LogP contribution in [0, 0.1) is 18.2 Å². The Kier molecular flexibility index (Phi) is 12.4. The molecular formula is C61H42IrN3O. The maximum Gasteiger partial charge on any atom is 3.00 e. The number of para-hydroxylation sites is 1. The first-order valence-corrected chi connectivity index (χ1v) is 22.1. The van der Waals surface area contributed by atoms with Crippen molar-refractivity contribution >= 4 is 21.9 Å². The van der Waals surface area contributed by atoms with E-state index in [0.29, 0.717) is 0 Å². The largest absolute Gasteiger partial charge is 3.00 e. The minimum atomic E-state index is 0. The van der Waals surface area contributed by atoms with Crippen LogP contribution in [0.5, 0.6) is 0 Å². The molecular weight excluding hydrogens is 983 g/mol. The SMILES string of the molecule is [Ir+3].[c-]1cc(CCc2cc(CCc3c[c-]c(-c4ccccn4)cc3)cc(-c3ccccc3-c3c[c-]c(-c4cc(-c5ccc6c(c5)oc5ccccc56)ccn4)cc3)c2)ccc1-c1ccccn1. The fraction of sp³-hybridized carbons (Fsp3) is 0.0656. The minimum Gasteiger partial charge on any atom is -0.456 e. The van der Waals surface area contributed by atoms with Crippen LogP contribution < -0.4 is 0 Å². The Labute approximate surface area is 399 Å². The molecule has 0 spiro atoms. The van der Waals surface area contributed by atoms with Gasteiger partial charge in [-0.15, -0.1) is 101 Å². The molecule has 316 valence electrons. The van der Waals surface area contributed by atoms with Crippen molar-refractivity contribution in [3.8, 4) is 67.2 Å². The molecule has 11 rings (SSSR count). The summed E-state index contributed by atoms with van der Waals surface area (Å²) in [5.41, 5.74) is 19.4. The summed E-state index contributed by atoms with van der Waals surface area (Å²) in [6, 6.07) is 76.5. The van der Waals surface area contributed by atoms with Gasteiger partial charge in [-0.3, -0.25) is 0 Å². The van der Waals surface area contributed by atoms with Gasteiger partial charge in [-0.05, 0) is 99.7 Å². The average Bonchev–Trinajstić information content (AvgIpc) is 3.76. The summed E-state index contributed by atoms with van der Waals surface area (Å²) in [5, 5.41) is 2.25. The van der Waals surface area contributed by atoms with Crippen LogP contribution in [0.4, 0.5) is 0 Å². The van der Waals surface area contributed by atoms with Crippen LogP contribution in [0.1, 0.15) is 22.3 Å². The van der Waals surface area contributed by atoms with Gasteiger partial charge in [0.1, 0.15) is 11.2 Å². The Morgan fingerprint density at radius 1 is 0.348 bits per heavy atom. The zero-order chi connectivity index (χ0) is 43.4. The number of benzene rings is 7. The predicted octanol–water partition coefficient (Wildman–Crippen LogP) is 14.7. The topological polar surface area (TPSA) is 51.8 Å². The van der Waals surface area contributed by atoms with E-state index in [9.17, 15) is 0 Å². The molecule has 0 saturated carbocycles. The molecule has 0 fully saturated rings. The number of nitrogens with zero attached hydrogens (tertiary/aromatic N) is 3. The molecule has 0 amide bonds. The van der Waals surface area contributed by atoms with Gasteiger partial charge in [-0.25, -0.2) is 0 Å². The van der Waals surface area contributed by atoms with Crippen LogP contribution in [0.3, 0.4) is 0 Å². The van der Waals surface area contributed by atoms with Crippen molar-refractivity contribution in [3.05, 3.63) is 247 Å². The number of furan rings is 1. The first-order chi connectivity index (χ1) is 32.2. The van der Waals surface area contributed by atoms with Gasteiger partial charge in [-0.1, -0.05) is 121 Å². The first-order valence-electron chi connectivity index (χ1n) is 22.1. The minimum absolute atomic E-state index is 0. The summed E-state index contributed by atoms with van der Waals surface area (Å²) in [4.78, 5) is 13.8. The molecule has 5 heteroatoms. The van der Waals surface area contributed by atoms with Crippen molar-refractivity contribution in [2.24, 2.45) is 0 Å². The molecule has 0 saturated heterocycles. The molecule has 0 unspecified atom stereocenters. The second-order valence-electron chi connectivity index (χ2n) is 16.5. The number of hydrogen-bond acceptors (Lipinski definition) is 4. The second-order valence-corrected chi connectivity index (χ2v) is 16.5. The summed E-state index contributed by atoms with van der Waals surface area (Å²) >= 11 is 0. The van der Waals surface area contributed by atoms with E-state index in [4.69, 9.17) is 9.40 Å². The van der Waals surface area contributed by atoms with Crippen molar-refractivity contribution in [2.75, 3.05) is 0 Å². The average molecular weight is 1030 g/mol. The monoisotopic (exact) mass is 1030 g/mol. The second kappa shape index (κ2) is 19.3. The number of fused-ring (bicyclic) bond motifs is 3. The molecule has 0 aliphatic heterocycles. The smallest absolute Gasteiger partial charge is 0.456 e. The van der Waals surface area contributed by atoms with E-state index in [0.717, 1.165) is 98.1 Å². The number of pyridine rings is 3. The van der Waals surface area contributed by atoms with Crippen molar-refractivity contribution in [1.82, 2.24) is 15.0 Å². The van der Waals surface area contributed by atoms with Gasteiger partial charge in [0.25, 0.3) is 0 Å². The Hall–Kier alpha value is -7.56. The zero-order valence-electron chi connectivity index (χ0n) is 36.0. The fourth-order valence-electron chi connectivity index (χ4n) is 8.77. The van der Waals surface area contributed by atoms with Gasteiger partial charge in [0.15, 0.2) is 0 Å². The van der Waals surface area contributed by atoms with Gasteiger partial charge in [-0.2, -0.15) is 0 Å². The normalized spacial score (nSPS) is 11.2. The van der Waals surface area contributed by atoms with Gasteiger partial charge >= 0.3 is 20.1 Å². The summed E-state index contributed by atoms with van der Waals surface area (Å²) in [6.07, 6.45) is 9.17. The standard InChI is InChI=1S/C61H42N3O.Ir/c1-2-10-54(53(9-1)46-27-29-49(30-28-46)59-40-51(33-36-64-59)50-31-32-56-55-11-3-4-14-60(55)65-61(56)41-50)52-38-44(17-15-42-19-23-47(24-20-42)57-12-5-7-34-62-57)37-45(39-52)18-16-43-21-25-48(26-22-43)58-13-6-8-35-63-58;/h1-14,19-23,25,27-29,31-41H,15-18H2;/q-3;+3. The molecule has 0 atom stereocenters. The quantitative estimate of drug-likeness (QED) is 0.114. The third kappa shape index (κ3) is 9.18. The number of rotatable bonds is 12. The number of hydrogen-bond donors (Lipinski definition) is 0. The Morgan fingerprint density at radius 3 is 1.50 bits per heavy atom. The molecule has 0 aliphatic rings. The van der Waals surface area contributed by atoms with Gasteiger partial charge in [0.05, 0.1) is 0 Å². The van der Waals surface area contributed by atoms with Gasteiger partial charge < -0.3 is 19.4 Å². The van der Waals surface area contributed by atoms with Crippen molar-refractivity contribution in [3.63, 3.8) is 0 Å². The Balaban J connectivity index is 0.00000511. The summed E-state index contributed by atoms with van der Waals surface area (Å²) in [7, 11) is 0. The van der Waals surface area contributed by atoms with E-state index in [1.165, 1.54) is 38.9 Å². The predicted molar refractivity (Wildman–Crippen MR) is 264 cm³/mol. The summed E-state index contributed by atoms with van der Waals surface area (Å²) < 4.78 is 6.21. The molecule has 4 nitrogen and oxygen atoms in total. The van der Waals surface area contributed by atoms with Crippen LogP contribution in [0.25, 0.3) is 89.1 Å². The van der Waals surface area contributed by atoms with Crippen LogP contribution in [0.2, 0.25) is 0 Å². The van der Waals surface area contributed by atoms with Crippen LogP contribution in [0.15, 0.2) is 211 Å². The fourth-order valence-corrected chi connectivity index (χ4v) is 8.77. The van der Waals surface area contributed by atoms with E-state index in [1.807, 2.05) is 73.2 Å². The molecule has 0 aliphatic carbocycles. The van der Waals surface area contributed by atoms with E-state index in [-0.39, 0.29) is 20.1 Å².